The van der Waals surface area contributed by atoms with Gasteiger partial charge in [-0.3, -0.25) is 0 Å². The summed E-state index contributed by atoms with van der Waals surface area (Å²) >= 11 is 1.71. The molecule has 1 aromatic carbocycles. The number of thioether (sulfide) groups is 1. The van der Waals surface area contributed by atoms with Crippen LogP contribution in [-0.4, -0.2) is 16.8 Å². The lowest BCUT2D eigenvalue weighted by molar-refractivity contribution is 0.0695. The molecule has 1 aliphatic heterocycles. The molecule has 1 aromatic rings. The first-order valence-corrected chi connectivity index (χ1v) is 5.85. The molecule has 0 fully saturated rings. The van der Waals surface area contributed by atoms with Crippen molar-refractivity contribution in [3.8, 4) is 0 Å². The molecule has 80 valence electrons. The summed E-state index contributed by atoms with van der Waals surface area (Å²) in [4.78, 5) is 12.0. The number of hydrogen-bond acceptors (Lipinski definition) is 3. The molecule has 0 amide bonds. The molecule has 0 saturated heterocycles. The second-order valence-electron chi connectivity index (χ2n) is 3.71. The number of aromatic carboxylic acids is 1. The van der Waals surface area contributed by atoms with Gasteiger partial charge >= 0.3 is 5.97 Å². The Hall–Kier alpha value is -1.00. The summed E-state index contributed by atoms with van der Waals surface area (Å²) < 4.78 is 0. The predicted molar refractivity (Wildman–Crippen MR) is 60.4 cm³/mol. The fourth-order valence-electron chi connectivity index (χ4n) is 1.87. The minimum Gasteiger partial charge on any atom is -0.478 e. The van der Waals surface area contributed by atoms with E-state index in [2.05, 4.69) is 0 Å². The second kappa shape index (κ2) is 3.87. The molecule has 0 spiro atoms. The summed E-state index contributed by atoms with van der Waals surface area (Å²) in [7, 11) is 0. The Morgan fingerprint density at radius 2 is 2.33 bits per heavy atom. The SMILES string of the molecule is Cc1c(C(=O)O)ccc2c1SCCC2N. The quantitative estimate of drug-likeness (QED) is 0.766. The van der Waals surface area contributed by atoms with Crippen molar-refractivity contribution in [3.63, 3.8) is 0 Å². The maximum Gasteiger partial charge on any atom is 0.335 e. The van der Waals surface area contributed by atoms with E-state index in [1.807, 2.05) is 13.0 Å². The van der Waals surface area contributed by atoms with Crippen LogP contribution < -0.4 is 5.73 Å². The molecular weight excluding hydrogens is 210 g/mol. The number of carboxylic acids is 1. The number of fused-ring (bicyclic) bond motifs is 1. The summed E-state index contributed by atoms with van der Waals surface area (Å²) in [6, 6.07) is 3.56. The average Bonchev–Trinajstić information content (AvgIpc) is 2.19. The molecule has 1 atom stereocenters. The molecule has 4 heteroatoms. The van der Waals surface area contributed by atoms with E-state index < -0.39 is 5.97 Å². The van der Waals surface area contributed by atoms with Gasteiger partial charge in [-0.15, -0.1) is 11.8 Å². The van der Waals surface area contributed by atoms with Gasteiger partial charge in [0, 0.05) is 10.9 Å². The monoisotopic (exact) mass is 223 g/mol. The lowest BCUT2D eigenvalue weighted by Gasteiger charge is -2.23. The summed E-state index contributed by atoms with van der Waals surface area (Å²) in [5, 5.41) is 8.99. The average molecular weight is 223 g/mol. The van der Waals surface area contributed by atoms with E-state index in [0.29, 0.717) is 5.56 Å². The zero-order valence-electron chi connectivity index (χ0n) is 8.49. The Morgan fingerprint density at radius 1 is 1.60 bits per heavy atom. The molecular formula is C11H13NO2S. The van der Waals surface area contributed by atoms with E-state index in [1.54, 1.807) is 17.8 Å². The zero-order valence-corrected chi connectivity index (χ0v) is 9.30. The van der Waals surface area contributed by atoms with Crippen molar-refractivity contribution in [2.75, 3.05) is 5.75 Å². The summed E-state index contributed by atoms with van der Waals surface area (Å²) in [5.74, 6) is 0.105. The van der Waals surface area contributed by atoms with Gasteiger partial charge in [0.05, 0.1) is 5.56 Å². The minimum atomic E-state index is -0.866. The number of hydrogen-bond donors (Lipinski definition) is 2. The van der Waals surface area contributed by atoms with Gasteiger partial charge in [-0.25, -0.2) is 4.79 Å². The number of carbonyl (C=O) groups is 1. The van der Waals surface area contributed by atoms with Crippen molar-refractivity contribution < 1.29 is 9.90 Å². The molecule has 0 bridgehead atoms. The van der Waals surface area contributed by atoms with Crippen molar-refractivity contribution in [1.29, 1.82) is 0 Å². The van der Waals surface area contributed by atoms with Gasteiger partial charge < -0.3 is 10.8 Å². The molecule has 0 aromatic heterocycles. The van der Waals surface area contributed by atoms with E-state index in [4.69, 9.17) is 10.8 Å². The molecule has 0 radical (unpaired) electrons. The highest BCUT2D eigenvalue weighted by molar-refractivity contribution is 7.99. The highest BCUT2D eigenvalue weighted by Crippen LogP contribution is 2.38. The van der Waals surface area contributed by atoms with Gasteiger partial charge in [0.1, 0.15) is 0 Å². The van der Waals surface area contributed by atoms with Gasteiger partial charge in [0.15, 0.2) is 0 Å². The molecule has 1 heterocycles. The highest BCUT2D eigenvalue weighted by atomic mass is 32.2. The Kier molecular flexibility index (Phi) is 2.71. The van der Waals surface area contributed by atoms with E-state index >= 15 is 0 Å². The van der Waals surface area contributed by atoms with Crippen LogP contribution in [0, 0.1) is 6.92 Å². The van der Waals surface area contributed by atoms with Crippen molar-refractivity contribution >= 4 is 17.7 Å². The maximum absolute atomic E-state index is 10.9. The molecule has 0 saturated carbocycles. The predicted octanol–water partition coefficient (Wildman–Crippen LogP) is 2.19. The summed E-state index contributed by atoms with van der Waals surface area (Å²) in [6.45, 7) is 1.85. The zero-order chi connectivity index (χ0) is 11.0. The molecule has 3 nitrogen and oxygen atoms in total. The van der Waals surface area contributed by atoms with E-state index in [1.165, 1.54) is 0 Å². The highest BCUT2D eigenvalue weighted by Gasteiger charge is 2.21. The van der Waals surface area contributed by atoms with Gasteiger partial charge in [-0.2, -0.15) is 0 Å². The summed E-state index contributed by atoms with van der Waals surface area (Å²) in [6.07, 6.45) is 0.962. The van der Waals surface area contributed by atoms with E-state index in [-0.39, 0.29) is 6.04 Å². The Labute approximate surface area is 92.7 Å². The van der Waals surface area contributed by atoms with Gasteiger partial charge in [0.2, 0.25) is 0 Å². The molecule has 3 N–H and O–H groups in total. The van der Waals surface area contributed by atoms with E-state index in [9.17, 15) is 4.79 Å². The number of rotatable bonds is 1. The van der Waals surface area contributed by atoms with Crippen LogP contribution in [0.2, 0.25) is 0 Å². The first-order chi connectivity index (χ1) is 7.11. The van der Waals surface area contributed by atoms with Crippen LogP contribution in [0.15, 0.2) is 17.0 Å². The Balaban J connectivity index is 2.57. The molecule has 15 heavy (non-hydrogen) atoms. The first-order valence-electron chi connectivity index (χ1n) is 4.86. The second-order valence-corrected chi connectivity index (χ2v) is 4.81. The topological polar surface area (TPSA) is 63.3 Å². The third kappa shape index (κ3) is 1.75. The van der Waals surface area contributed by atoms with Crippen LogP contribution in [0.3, 0.4) is 0 Å². The van der Waals surface area contributed by atoms with E-state index in [0.717, 1.165) is 28.2 Å². The third-order valence-electron chi connectivity index (χ3n) is 2.74. The standard InChI is InChI=1S/C11H13NO2S/c1-6-7(11(13)14)2-3-8-9(12)4-5-15-10(6)8/h2-3,9H,4-5,12H2,1H3,(H,13,14). The van der Waals surface area contributed by atoms with Gasteiger partial charge in [-0.05, 0) is 36.3 Å². The summed E-state index contributed by atoms with van der Waals surface area (Å²) in [5.41, 5.74) is 8.30. The Morgan fingerprint density at radius 3 is 3.00 bits per heavy atom. The van der Waals surface area contributed by atoms with Crippen LogP contribution >= 0.6 is 11.8 Å². The van der Waals surface area contributed by atoms with Crippen LogP contribution in [0.1, 0.15) is 33.9 Å². The smallest absolute Gasteiger partial charge is 0.335 e. The van der Waals surface area contributed by atoms with Crippen molar-refractivity contribution in [1.82, 2.24) is 0 Å². The molecule has 1 aliphatic rings. The van der Waals surface area contributed by atoms with Crippen molar-refractivity contribution in [2.24, 2.45) is 5.73 Å². The third-order valence-corrected chi connectivity index (χ3v) is 4.01. The Bertz CT molecular complexity index is 417. The van der Waals surface area contributed by atoms with Crippen LogP contribution in [0.5, 0.6) is 0 Å². The first kappa shape index (κ1) is 10.5. The van der Waals surface area contributed by atoms with Crippen LogP contribution in [0.25, 0.3) is 0 Å². The van der Waals surface area contributed by atoms with Gasteiger partial charge in [-0.1, -0.05) is 6.07 Å². The number of nitrogens with two attached hydrogens (primary N) is 1. The lowest BCUT2D eigenvalue weighted by Crippen LogP contribution is -2.17. The molecule has 2 rings (SSSR count). The normalized spacial score (nSPS) is 19.7. The maximum atomic E-state index is 10.9. The van der Waals surface area contributed by atoms with Crippen molar-refractivity contribution in [3.05, 3.63) is 28.8 Å². The minimum absolute atomic E-state index is 0.0581. The largest absolute Gasteiger partial charge is 0.478 e. The van der Waals surface area contributed by atoms with Crippen LogP contribution in [0.4, 0.5) is 0 Å². The molecule has 0 aliphatic carbocycles. The van der Waals surface area contributed by atoms with Crippen molar-refractivity contribution in [2.45, 2.75) is 24.3 Å². The number of carboxylic acid groups (broad SMARTS) is 1. The number of benzene rings is 1. The lowest BCUT2D eigenvalue weighted by atomic mass is 9.99. The fourth-order valence-corrected chi connectivity index (χ4v) is 3.16. The van der Waals surface area contributed by atoms with Gasteiger partial charge in [0.25, 0.3) is 0 Å². The molecule has 1 unspecified atom stereocenters. The fraction of sp³-hybridized carbons (Fsp3) is 0.364. The van der Waals surface area contributed by atoms with Crippen LogP contribution in [-0.2, 0) is 0 Å².